The van der Waals surface area contributed by atoms with Crippen LogP contribution in [0.2, 0.25) is 0 Å². The first-order valence-corrected chi connectivity index (χ1v) is 8.25. The Morgan fingerprint density at radius 3 is 2.33 bits per heavy atom. The van der Waals surface area contributed by atoms with E-state index in [1.807, 2.05) is 6.07 Å². The van der Waals surface area contributed by atoms with Crippen molar-refractivity contribution in [3.05, 3.63) is 35.9 Å². The highest BCUT2D eigenvalue weighted by molar-refractivity contribution is 5.85. The largest absolute Gasteiger partial charge is 0.395 e. The van der Waals surface area contributed by atoms with Crippen molar-refractivity contribution in [3.63, 3.8) is 0 Å². The highest BCUT2D eigenvalue weighted by Crippen LogP contribution is 2.08. The van der Waals surface area contributed by atoms with Gasteiger partial charge in [0, 0.05) is 6.04 Å². The quantitative estimate of drug-likeness (QED) is 0.562. The van der Waals surface area contributed by atoms with Crippen LogP contribution in [0.25, 0.3) is 0 Å². The fourth-order valence-electron chi connectivity index (χ4n) is 2.49. The molecule has 1 rings (SSSR count). The van der Waals surface area contributed by atoms with Gasteiger partial charge in [-0.2, -0.15) is 0 Å². The van der Waals surface area contributed by atoms with Crippen molar-refractivity contribution in [1.29, 1.82) is 0 Å². The Balaban J connectivity index is 0.00000400. The predicted molar refractivity (Wildman–Crippen MR) is 94.3 cm³/mol. The van der Waals surface area contributed by atoms with Crippen LogP contribution in [0.15, 0.2) is 30.3 Å². The van der Waals surface area contributed by atoms with Gasteiger partial charge in [-0.05, 0) is 24.9 Å². The zero-order valence-corrected chi connectivity index (χ0v) is 14.2. The van der Waals surface area contributed by atoms with Crippen molar-refractivity contribution in [3.8, 4) is 0 Å². The fraction of sp³-hybridized carbons (Fsp3) is 0.667. The Bertz CT molecular complexity index is 318. The van der Waals surface area contributed by atoms with Crippen molar-refractivity contribution in [2.45, 2.75) is 64.3 Å². The summed E-state index contributed by atoms with van der Waals surface area (Å²) in [5, 5.41) is 12.9. The second kappa shape index (κ2) is 14.4. The van der Waals surface area contributed by atoms with Crippen LogP contribution in [-0.2, 0) is 6.42 Å². The summed E-state index contributed by atoms with van der Waals surface area (Å²) in [6, 6.07) is 10.8. The van der Waals surface area contributed by atoms with Crippen molar-refractivity contribution < 1.29 is 5.11 Å². The molecule has 21 heavy (non-hydrogen) atoms. The number of benzene rings is 1. The van der Waals surface area contributed by atoms with Crippen molar-refractivity contribution in [2.75, 3.05) is 13.2 Å². The molecule has 0 aromatic heterocycles. The lowest BCUT2D eigenvalue weighted by atomic mass is 10.1. The van der Waals surface area contributed by atoms with E-state index in [1.54, 1.807) is 0 Å². The maximum absolute atomic E-state index is 9.40. The van der Waals surface area contributed by atoms with E-state index < -0.39 is 0 Å². The number of hydrogen-bond donors (Lipinski definition) is 2. The Kier molecular flexibility index (Phi) is 14.0. The Morgan fingerprint density at radius 1 is 1.00 bits per heavy atom. The van der Waals surface area contributed by atoms with E-state index in [-0.39, 0.29) is 25.1 Å². The molecule has 1 atom stereocenters. The highest BCUT2D eigenvalue weighted by atomic mass is 35.5. The third-order valence-electron chi connectivity index (χ3n) is 3.82. The number of rotatable bonds is 12. The molecule has 0 saturated carbocycles. The van der Waals surface area contributed by atoms with E-state index in [0.29, 0.717) is 0 Å². The van der Waals surface area contributed by atoms with Gasteiger partial charge in [-0.15, -0.1) is 12.4 Å². The second-order valence-corrected chi connectivity index (χ2v) is 5.63. The molecule has 0 amide bonds. The molecule has 1 unspecified atom stereocenters. The molecule has 122 valence electrons. The van der Waals surface area contributed by atoms with Crippen molar-refractivity contribution in [1.82, 2.24) is 5.32 Å². The van der Waals surface area contributed by atoms with Crippen LogP contribution in [0.5, 0.6) is 0 Å². The minimum absolute atomic E-state index is 0. The summed E-state index contributed by atoms with van der Waals surface area (Å²) in [7, 11) is 0. The number of halogens is 1. The van der Waals surface area contributed by atoms with Gasteiger partial charge in [0.1, 0.15) is 0 Å². The average Bonchev–Trinajstić information content (AvgIpc) is 2.50. The number of nitrogens with one attached hydrogen (secondary N) is 1. The maximum atomic E-state index is 9.40. The SMILES string of the molecule is CCCCCCCCC(CO)NCCc1ccccc1.Cl. The third kappa shape index (κ3) is 10.8. The number of unbranched alkanes of at least 4 members (excludes halogenated alkanes) is 5. The topological polar surface area (TPSA) is 32.3 Å². The molecule has 1 aromatic carbocycles. The van der Waals surface area contributed by atoms with Crippen LogP contribution in [0.1, 0.15) is 57.4 Å². The first-order chi connectivity index (χ1) is 9.86. The number of aliphatic hydroxyl groups excluding tert-OH is 1. The van der Waals surface area contributed by atoms with Gasteiger partial charge in [0.15, 0.2) is 0 Å². The van der Waals surface area contributed by atoms with Gasteiger partial charge in [0.25, 0.3) is 0 Å². The highest BCUT2D eigenvalue weighted by Gasteiger charge is 2.05. The van der Waals surface area contributed by atoms with E-state index in [2.05, 4.69) is 36.5 Å². The molecule has 0 aliphatic carbocycles. The van der Waals surface area contributed by atoms with Crippen LogP contribution >= 0.6 is 12.4 Å². The Labute approximate surface area is 136 Å². The molecule has 0 aliphatic rings. The lowest BCUT2D eigenvalue weighted by Crippen LogP contribution is -2.33. The minimum atomic E-state index is 0. The first kappa shape index (κ1) is 20.4. The van der Waals surface area contributed by atoms with Gasteiger partial charge < -0.3 is 10.4 Å². The summed E-state index contributed by atoms with van der Waals surface area (Å²) in [6.45, 7) is 3.45. The second-order valence-electron chi connectivity index (χ2n) is 5.63. The molecular weight excluding hydrogens is 282 g/mol. The van der Waals surface area contributed by atoms with E-state index in [4.69, 9.17) is 0 Å². The molecule has 0 radical (unpaired) electrons. The molecule has 0 saturated heterocycles. The molecule has 0 fully saturated rings. The van der Waals surface area contributed by atoms with Crippen LogP contribution in [0, 0.1) is 0 Å². The van der Waals surface area contributed by atoms with E-state index in [1.165, 1.54) is 44.1 Å². The van der Waals surface area contributed by atoms with Gasteiger partial charge in [-0.1, -0.05) is 75.8 Å². The standard InChI is InChI=1S/C18H31NO.ClH/c1-2-3-4-5-6-10-13-18(16-20)19-15-14-17-11-8-7-9-12-17;/h7-9,11-12,18-20H,2-6,10,13-16H2,1H3;1H. The molecule has 0 aliphatic heterocycles. The zero-order chi connectivity index (χ0) is 14.5. The average molecular weight is 314 g/mol. The maximum Gasteiger partial charge on any atom is 0.0584 e. The van der Waals surface area contributed by atoms with Gasteiger partial charge >= 0.3 is 0 Å². The van der Waals surface area contributed by atoms with Gasteiger partial charge in [0.05, 0.1) is 6.61 Å². The molecule has 0 heterocycles. The normalized spacial score (nSPS) is 11.9. The van der Waals surface area contributed by atoms with E-state index in [9.17, 15) is 5.11 Å². The molecule has 0 spiro atoms. The molecule has 0 bridgehead atoms. The summed E-state index contributed by atoms with van der Waals surface area (Å²) in [5.41, 5.74) is 1.36. The monoisotopic (exact) mass is 313 g/mol. The predicted octanol–water partition coefficient (Wildman–Crippen LogP) is 4.35. The minimum Gasteiger partial charge on any atom is -0.395 e. The van der Waals surface area contributed by atoms with Crippen LogP contribution in [0.4, 0.5) is 0 Å². The van der Waals surface area contributed by atoms with Crippen LogP contribution in [-0.4, -0.2) is 24.3 Å². The summed E-state index contributed by atoms with van der Waals surface area (Å²) >= 11 is 0. The van der Waals surface area contributed by atoms with E-state index >= 15 is 0 Å². The zero-order valence-electron chi connectivity index (χ0n) is 13.4. The summed E-state index contributed by atoms with van der Waals surface area (Å²) in [6.07, 6.45) is 10.0. The number of aliphatic hydroxyl groups is 1. The molecule has 3 heteroatoms. The first-order valence-electron chi connectivity index (χ1n) is 8.25. The molecule has 1 aromatic rings. The fourth-order valence-corrected chi connectivity index (χ4v) is 2.49. The van der Waals surface area contributed by atoms with Crippen molar-refractivity contribution >= 4 is 12.4 Å². The summed E-state index contributed by atoms with van der Waals surface area (Å²) < 4.78 is 0. The summed E-state index contributed by atoms with van der Waals surface area (Å²) in [5.74, 6) is 0. The van der Waals surface area contributed by atoms with Gasteiger partial charge in [0.2, 0.25) is 0 Å². The van der Waals surface area contributed by atoms with Crippen LogP contribution < -0.4 is 5.32 Å². The smallest absolute Gasteiger partial charge is 0.0584 e. The molecule has 2 nitrogen and oxygen atoms in total. The van der Waals surface area contributed by atoms with Gasteiger partial charge in [-0.25, -0.2) is 0 Å². The van der Waals surface area contributed by atoms with Crippen molar-refractivity contribution in [2.24, 2.45) is 0 Å². The third-order valence-corrected chi connectivity index (χ3v) is 3.82. The lowest BCUT2D eigenvalue weighted by molar-refractivity contribution is 0.233. The number of hydrogen-bond acceptors (Lipinski definition) is 2. The Morgan fingerprint density at radius 2 is 1.67 bits per heavy atom. The molecule has 2 N–H and O–H groups in total. The molecular formula is C18H32ClNO. The lowest BCUT2D eigenvalue weighted by Gasteiger charge is -2.16. The summed E-state index contributed by atoms with van der Waals surface area (Å²) in [4.78, 5) is 0. The van der Waals surface area contributed by atoms with E-state index in [0.717, 1.165) is 19.4 Å². The Hall–Kier alpha value is -0.570. The van der Waals surface area contributed by atoms with Gasteiger partial charge in [-0.3, -0.25) is 0 Å². The van der Waals surface area contributed by atoms with Crippen LogP contribution in [0.3, 0.4) is 0 Å².